The second-order valence-corrected chi connectivity index (χ2v) is 7.31. The fourth-order valence-electron chi connectivity index (χ4n) is 2.09. The second-order valence-electron chi connectivity index (χ2n) is 5.34. The van der Waals surface area contributed by atoms with Gasteiger partial charge in [-0.2, -0.15) is 0 Å². The Kier molecular flexibility index (Phi) is 8.19. The quantitative estimate of drug-likeness (QED) is 0.745. The fourth-order valence-corrected chi connectivity index (χ4v) is 3.19. The van der Waals surface area contributed by atoms with Gasteiger partial charge in [-0.3, -0.25) is 4.79 Å². The van der Waals surface area contributed by atoms with Crippen molar-refractivity contribution < 1.29 is 4.79 Å². The Labute approximate surface area is 155 Å². The Hall–Kier alpha value is -0.950. The van der Waals surface area contributed by atoms with E-state index in [1.165, 1.54) is 22.5 Å². The maximum atomic E-state index is 12.0. The number of hydrogen-bond donors (Lipinski definition) is 2. The first-order valence-corrected chi connectivity index (χ1v) is 8.75. The lowest BCUT2D eigenvalue weighted by atomic mass is 10.1. The highest BCUT2D eigenvalue weighted by Gasteiger charge is 2.14. The van der Waals surface area contributed by atoms with Crippen LogP contribution >= 0.6 is 39.7 Å². The van der Waals surface area contributed by atoms with Crippen LogP contribution in [-0.2, 0) is 11.2 Å². The summed E-state index contributed by atoms with van der Waals surface area (Å²) in [5, 5.41) is 6.54. The number of carbonyl (C=O) groups excluding carboxylic acids is 1. The predicted octanol–water partition coefficient (Wildman–Crippen LogP) is 4.02. The molecule has 4 nitrogen and oxygen atoms in total. The number of benzene rings is 1. The topological polar surface area (TPSA) is 54.0 Å². The van der Waals surface area contributed by atoms with Crippen molar-refractivity contribution in [1.29, 1.82) is 0 Å². The first kappa shape index (κ1) is 20.1. The minimum Gasteiger partial charge on any atom is -0.319 e. The summed E-state index contributed by atoms with van der Waals surface area (Å²) in [5.41, 5.74) is 2.46. The minimum atomic E-state index is -0.0773. The summed E-state index contributed by atoms with van der Waals surface area (Å²) >= 11 is 5.04. The van der Waals surface area contributed by atoms with Crippen molar-refractivity contribution in [2.24, 2.45) is 5.92 Å². The van der Waals surface area contributed by atoms with Gasteiger partial charge in [0.25, 0.3) is 0 Å². The number of rotatable bonds is 6. The molecule has 0 aliphatic rings. The summed E-state index contributed by atoms with van der Waals surface area (Å²) in [6, 6.07) is 6.33. The zero-order valence-electron chi connectivity index (χ0n) is 13.4. The van der Waals surface area contributed by atoms with Gasteiger partial charge in [0.05, 0.1) is 0 Å². The summed E-state index contributed by atoms with van der Waals surface area (Å²) < 4.78 is 1.12. The molecule has 1 aromatic heterocycles. The smallest absolute Gasteiger partial charge is 0.230 e. The number of aryl methyl sites for hydroxylation is 1. The largest absolute Gasteiger partial charge is 0.319 e. The Balaban J connectivity index is 0.00000264. The number of carbonyl (C=O) groups is 1. The normalized spacial score (nSPS) is 11.7. The fraction of sp³-hybridized carbons (Fsp3) is 0.375. The lowest BCUT2D eigenvalue weighted by Gasteiger charge is -2.09. The SMILES string of the molecule is CNCC(C)C(=O)Nc1ncc(Cc2ccc(Br)c(C)c2)s1.Cl. The van der Waals surface area contributed by atoms with Crippen LogP contribution in [0.25, 0.3) is 0 Å². The molecule has 23 heavy (non-hydrogen) atoms. The zero-order valence-corrected chi connectivity index (χ0v) is 16.6. The highest BCUT2D eigenvalue weighted by atomic mass is 79.9. The third-order valence-corrected chi connectivity index (χ3v) is 5.14. The molecule has 0 aliphatic carbocycles. The lowest BCUT2D eigenvalue weighted by molar-refractivity contribution is -0.119. The van der Waals surface area contributed by atoms with Crippen molar-refractivity contribution >= 4 is 50.7 Å². The zero-order chi connectivity index (χ0) is 16.1. The van der Waals surface area contributed by atoms with E-state index in [-0.39, 0.29) is 24.2 Å². The molecule has 1 atom stereocenters. The number of hydrogen-bond acceptors (Lipinski definition) is 4. The predicted molar refractivity (Wildman–Crippen MR) is 103 cm³/mol. The van der Waals surface area contributed by atoms with Gasteiger partial charge >= 0.3 is 0 Å². The van der Waals surface area contributed by atoms with Gasteiger partial charge in [-0.15, -0.1) is 23.7 Å². The standard InChI is InChI=1S/C16H20BrN3OS.ClH/c1-10-6-12(4-5-14(10)17)7-13-9-19-16(22-13)20-15(21)11(2)8-18-3;/h4-6,9,11,18H,7-8H2,1-3H3,(H,19,20,21);1H. The molecule has 2 aromatic rings. The van der Waals surface area contributed by atoms with Gasteiger partial charge in [0.2, 0.25) is 5.91 Å². The summed E-state index contributed by atoms with van der Waals surface area (Å²) in [6.07, 6.45) is 2.66. The Morgan fingerprint density at radius 3 is 2.83 bits per heavy atom. The third-order valence-electron chi connectivity index (χ3n) is 3.34. The third kappa shape index (κ3) is 5.88. The molecule has 0 saturated heterocycles. The number of aromatic nitrogens is 1. The van der Waals surface area contributed by atoms with Crippen molar-refractivity contribution in [2.75, 3.05) is 18.9 Å². The van der Waals surface area contributed by atoms with Crippen LogP contribution in [0.4, 0.5) is 5.13 Å². The van der Waals surface area contributed by atoms with Crippen LogP contribution in [0.15, 0.2) is 28.9 Å². The molecule has 0 bridgehead atoms. The Morgan fingerprint density at radius 1 is 1.43 bits per heavy atom. The van der Waals surface area contributed by atoms with Crippen LogP contribution in [-0.4, -0.2) is 24.5 Å². The maximum Gasteiger partial charge on any atom is 0.230 e. The highest BCUT2D eigenvalue weighted by Crippen LogP contribution is 2.24. The molecule has 0 radical (unpaired) electrons. The molecular formula is C16H21BrClN3OS. The van der Waals surface area contributed by atoms with E-state index in [1.807, 2.05) is 20.2 Å². The van der Waals surface area contributed by atoms with Gasteiger partial charge in [-0.1, -0.05) is 35.0 Å². The van der Waals surface area contributed by atoms with E-state index < -0.39 is 0 Å². The van der Waals surface area contributed by atoms with Gasteiger partial charge in [-0.05, 0) is 31.2 Å². The molecule has 0 spiro atoms. The van der Waals surface area contributed by atoms with Crippen molar-refractivity contribution in [3.8, 4) is 0 Å². The average molecular weight is 419 g/mol. The number of nitrogens with one attached hydrogen (secondary N) is 2. The number of thiazole rings is 1. The van der Waals surface area contributed by atoms with E-state index in [1.54, 1.807) is 0 Å². The summed E-state index contributed by atoms with van der Waals surface area (Å²) in [4.78, 5) is 17.4. The monoisotopic (exact) mass is 417 g/mol. The van der Waals surface area contributed by atoms with Crippen LogP contribution in [0.1, 0.15) is 22.9 Å². The minimum absolute atomic E-state index is 0. The van der Waals surface area contributed by atoms with E-state index in [2.05, 4.69) is 56.7 Å². The molecule has 1 amide bonds. The number of amides is 1. The summed E-state index contributed by atoms with van der Waals surface area (Å²) in [6.45, 7) is 4.63. The van der Waals surface area contributed by atoms with Crippen molar-refractivity contribution in [2.45, 2.75) is 20.3 Å². The second kappa shape index (κ2) is 9.37. The van der Waals surface area contributed by atoms with Crippen LogP contribution < -0.4 is 10.6 Å². The molecule has 1 unspecified atom stereocenters. The van der Waals surface area contributed by atoms with Crippen molar-refractivity contribution in [3.63, 3.8) is 0 Å². The van der Waals surface area contributed by atoms with Crippen LogP contribution in [0.2, 0.25) is 0 Å². The maximum absolute atomic E-state index is 12.0. The molecule has 126 valence electrons. The van der Waals surface area contributed by atoms with E-state index in [9.17, 15) is 4.79 Å². The van der Waals surface area contributed by atoms with Gasteiger partial charge < -0.3 is 10.6 Å². The molecule has 1 aromatic carbocycles. The average Bonchev–Trinajstić information content (AvgIpc) is 2.90. The van der Waals surface area contributed by atoms with Gasteiger partial charge in [-0.25, -0.2) is 4.98 Å². The van der Waals surface area contributed by atoms with Crippen LogP contribution in [0, 0.1) is 12.8 Å². The summed E-state index contributed by atoms with van der Waals surface area (Å²) in [5.74, 6) is -0.0822. The summed E-state index contributed by atoms with van der Waals surface area (Å²) in [7, 11) is 1.84. The first-order valence-electron chi connectivity index (χ1n) is 7.14. The van der Waals surface area contributed by atoms with Crippen LogP contribution in [0.5, 0.6) is 0 Å². The van der Waals surface area contributed by atoms with Gasteiger partial charge in [0.1, 0.15) is 0 Å². The molecule has 7 heteroatoms. The highest BCUT2D eigenvalue weighted by molar-refractivity contribution is 9.10. The Morgan fingerprint density at radius 2 is 2.17 bits per heavy atom. The molecular weight excluding hydrogens is 398 g/mol. The van der Waals surface area contributed by atoms with Gasteiger partial charge in [0.15, 0.2) is 5.13 Å². The molecule has 0 saturated carbocycles. The number of anilines is 1. The van der Waals surface area contributed by atoms with E-state index in [0.29, 0.717) is 11.7 Å². The molecule has 0 aliphatic heterocycles. The molecule has 0 fully saturated rings. The number of halogens is 2. The van der Waals surface area contributed by atoms with Crippen molar-refractivity contribution in [3.05, 3.63) is 44.9 Å². The van der Waals surface area contributed by atoms with Crippen LogP contribution in [0.3, 0.4) is 0 Å². The van der Waals surface area contributed by atoms with E-state index in [0.717, 1.165) is 15.8 Å². The number of nitrogens with zero attached hydrogens (tertiary/aromatic N) is 1. The molecule has 1 heterocycles. The van der Waals surface area contributed by atoms with E-state index >= 15 is 0 Å². The molecule has 2 N–H and O–H groups in total. The van der Waals surface area contributed by atoms with Gasteiger partial charge in [0, 0.05) is 34.4 Å². The first-order chi connectivity index (χ1) is 10.5. The molecule has 2 rings (SSSR count). The van der Waals surface area contributed by atoms with Crippen molar-refractivity contribution in [1.82, 2.24) is 10.3 Å². The van der Waals surface area contributed by atoms with E-state index in [4.69, 9.17) is 0 Å². The Bertz CT molecular complexity index is 663. The lowest BCUT2D eigenvalue weighted by Crippen LogP contribution is -2.28.